The first kappa shape index (κ1) is 15.9. The normalized spacial score (nSPS) is 16.2. The highest BCUT2D eigenvalue weighted by molar-refractivity contribution is 6.33. The average molecular weight is 317 g/mol. The summed E-state index contributed by atoms with van der Waals surface area (Å²) in [5.41, 5.74) is 5.74. The molecule has 1 heterocycles. The van der Waals surface area contributed by atoms with Gasteiger partial charge in [-0.2, -0.15) is 0 Å². The molecule has 1 atom stereocenters. The van der Waals surface area contributed by atoms with Crippen molar-refractivity contribution in [3.05, 3.63) is 82.9 Å². The summed E-state index contributed by atoms with van der Waals surface area (Å²) in [5, 5.41) is 2.87. The number of carbonyl (C=O) groups excluding carboxylic acids is 2. The molecule has 1 N–H and O–H groups in total. The Morgan fingerprint density at radius 3 is 2.58 bits per heavy atom. The molecule has 2 aromatic rings. The summed E-state index contributed by atoms with van der Waals surface area (Å²) in [7, 11) is 0. The summed E-state index contributed by atoms with van der Waals surface area (Å²) in [5.74, 6) is -0.707. The Labute approximate surface area is 141 Å². The van der Waals surface area contributed by atoms with E-state index in [4.69, 9.17) is 0 Å². The Morgan fingerprint density at radius 2 is 1.92 bits per heavy atom. The van der Waals surface area contributed by atoms with Crippen molar-refractivity contribution in [1.29, 1.82) is 0 Å². The van der Waals surface area contributed by atoms with Crippen LogP contribution in [0.3, 0.4) is 0 Å². The van der Waals surface area contributed by atoms with E-state index in [9.17, 15) is 9.59 Å². The van der Waals surface area contributed by atoms with Gasteiger partial charge in [0.2, 0.25) is 0 Å². The van der Waals surface area contributed by atoms with Gasteiger partial charge in [-0.25, -0.2) is 0 Å². The molecule has 1 amide bonds. The molecule has 0 saturated heterocycles. The fourth-order valence-corrected chi connectivity index (χ4v) is 3.20. The molecule has 0 saturated carbocycles. The first-order chi connectivity index (χ1) is 11.6. The van der Waals surface area contributed by atoms with E-state index in [0.29, 0.717) is 11.1 Å². The van der Waals surface area contributed by atoms with E-state index in [1.165, 1.54) is 0 Å². The molecule has 0 radical (unpaired) electrons. The van der Waals surface area contributed by atoms with Crippen LogP contribution in [0.15, 0.2) is 60.7 Å². The Bertz CT molecular complexity index is 877. The van der Waals surface area contributed by atoms with Gasteiger partial charge in [-0.1, -0.05) is 48.6 Å². The zero-order valence-corrected chi connectivity index (χ0v) is 13.8. The lowest BCUT2D eigenvalue weighted by Crippen LogP contribution is -2.11. The first-order valence-corrected chi connectivity index (χ1v) is 7.86. The number of anilines is 1. The van der Waals surface area contributed by atoms with Crippen molar-refractivity contribution in [2.24, 2.45) is 0 Å². The molecule has 120 valence electrons. The van der Waals surface area contributed by atoms with Crippen LogP contribution in [0, 0.1) is 13.8 Å². The molecule has 3 rings (SSSR count). The van der Waals surface area contributed by atoms with Crippen LogP contribution in [0.5, 0.6) is 0 Å². The molecule has 1 aliphatic heterocycles. The van der Waals surface area contributed by atoms with Crippen molar-refractivity contribution in [2.45, 2.75) is 19.8 Å². The summed E-state index contributed by atoms with van der Waals surface area (Å²) in [4.78, 5) is 24.4. The second-order valence-electron chi connectivity index (χ2n) is 6.01. The summed E-state index contributed by atoms with van der Waals surface area (Å²) in [6.45, 7) is 7.80. The number of hydrogen-bond donors (Lipinski definition) is 1. The number of aldehydes is 1. The van der Waals surface area contributed by atoms with Crippen molar-refractivity contribution < 1.29 is 9.59 Å². The lowest BCUT2D eigenvalue weighted by atomic mass is 9.85. The van der Waals surface area contributed by atoms with E-state index >= 15 is 0 Å². The molecule has 2 aromatic carbocycles. The van der Waals surface area contributed by atoms with Gasteiger partial charge in [0, 0.05) is 11.3 Å². The van der Waals surface area contributed by atoms with E-state index in [1.54, 1.807) is 6.08 Å². The van der Waals surface area contributed by atoms with Crippen LogP contribution in [0.25, 0.3) is 5.57 Å². The van der Waals surface area contributed by atoms with Crippen LogP contribution < -0.4 is 5.32 Å². The predicted octanol–water partition coefficient (Wildman–Crippen LogP) is 4.18. The number of amides is 1. The van der Waals surface area contributed by atoms with E-state index < -0.39 is 5.92 Å². The number of allylic oxidation sites excluding steroid dienone is 2. The summed E-state index contributed by atoms with van der Waals surface area (Å²) in [6.07, 6.45) is 2.51. The van der Waals surface area contributed by atoms with Gasteiger partial charge in [0.15, 0.2) is 0 Å². The maximum absolute atomic E-state index is 12.5. The lowest BCUT2D eigenvalue weighted by Gasteiger charge is -2.17. The van der Waals surface area contributed by atoms with Gasteiger partial charge in [-0.3, -0.25) is 4.79 Å². The summed E-state index contributed by atoms with van der Waals surface area (Å²) < 4.78 is 0. The topological polar surface area (TPSA) is 46.2 Å². The van der Waals surface area contributed by atoms with Crippen LogP contribution >= 0.6 is 0 Å². The van der Waals surface area contributed by atoms with Gasteiger partial charge in [-0.15, -0.1) is 0 Å². The molecule has 1 aliphatic rings. The van der Waals surface area contributed by atoms with E-state index in [0.717, 1.165) is 34.2 Å². The zero-order valence-electron chi connectivity index (χ0n) is 13.8. The van der Waals surface area contributed by atoms with Crippen molar-refractivity contribution in [3.63, 3.8) is 0 Å². The maximum atomic E-state index is 12.5. The van der Waals surface area contributed by atoms with Crippen molar-refractivity contribution in [1.82, 2.24) is 0 Å². The predicted molar refractivity (Wildman–Crippen MR) is 96.9 cm³/mol. The number of fused-ring (bicyclic) bond motifs is 1. The molecule has 0 bridgehead atoms. The van der Waals surface area contributed by atoms with Crippen molar-refractivity contribution >= 4 is 23.5 Å². The van der Waals surface area contributed by atoms with Gasteiger partial charge in [0.25, 0.3) is 5.91 Å². The smallest absolute Gasteiger partial charge is 0.256 e. The number of carbonyl (C=O) groups is 2. The quantitative estimate of drug-likeness (QED) is 0.679. The zero-order chi connectivity index (χ0) is 17.3. The standard InChI is InChI=1S/C21H19NO2/c1-4-15(18(12-23)16-8-6-5-7-14(16)3)20-17-11-13(2)9-10-19(17)22-21(20)24/h4-12,18H,1H2,2-3H3,(H,22,24)/b20-15+. The second kappa shape index (κ2) is 6.28. The van der Waals surface area contributed by atoms with Crippen LogP contribution in [0.4, 0.5) is 5.69 Å². The fraction of sp³-hybridized carbons (Fsp3) is 0.143. The van der Waals surface area contributed by atoms with Crippen molar-refractivity contribution in [2.75, 3.05) is 5.32 Å². The number of rotatable bonds is 4. The van der Waals surface area contributed by atoms with Crippen LogP contribution in [0.2, 0.25) is 0 Å². The summed E-state index contributed by atoms with van der Waals surface area (Å²) in [6, 6.07) is 13.5. The number of hydrogen-bond acceptors (Lipinski definition) is 2. The van der Waals surface area contributed by atoms with Crippen LogP contribution in [-0.2, 0) is 9.59 Å². The number of nitrogens with one attached hydrogen (secondary N) is 1. The molecular weight excluding hydrogens is 298 g/mol. The molecular formula is C21H19NO2. The van der Waals surface area contributed by atoms with Gasteiger partial charge in [-0.05, 0) is 42.7 Å². The molecule has 3 heteroatoms. The number of benzene rings is 2. The highest BCUT2D eigenvalue weighted by Gasteiger charge is 2.30. The molecule has 0 fully saturated rings. The summed E-state index contributed by atoms with van der Waals surface area (Å²) >= 11 is 0. The maximum Gasteiger partial charge on any atom is 0.256 e. The molecule has 0 spiro atoms. The molecule has 24 heavy (non-hydrogen) atoms. The van der Waals surface area contributed by atoms with E-state index in [1.807, 2.05) is 56.3 Å². The Morgan fingerprint density at radius 1 is 1.17 bits per heavy atom. The van der Waals surface area contributed by atoms with Gasteiger partial charge < -0.3 is 10.1 Å². The van der Waals surface area contributed by atoms with E-state index in [-0.39, 0.29) is 5.91 Å². The van der Waals surface area contributed by atoms with E-state index in [2.05, 4.69) is 11.9 Å². The minimum Gasteiger partial charge on any atom is -0.321 e. The highest BCUT2D eigenvalue weighted by atomic mass is 16.2. The Kier molecular flexibility index (Phi) is 4.17. The highest BCUT2D eigenvalue weighted by Crippen LogP contribution is 2.39. The number of aryl methyl sites for hydroxylation is 2. The van der Waals surface area contributed by atoms with Gasteiger partial charge in [0.05, 0.1) is 11.5 Å². The monoisotopic (exact) mass is 317 g/mol. The molecule has 0 aliphatic carbocycles. The van der Waals surface area contributed by atoms with Crippen molar-refractivity contribution in [3.8, 4) is 0 Å². The fourth-order valence-electron chi connectivity index (χ4n) is 3.20. The lowest BCUT2D eigenvalue weighted by molar-refractivity contribution is -0.110. The third-order valence-electron chi connectivity index (χ3n) is 4.42. The third-order valence-corrected chi connectivity index (χ3v) is 4.42. The Balaban J connectivity index is 2.24. The van der Waals surface area contributed by atoms with Crippen LogP contribution in [0.1, 0.15) is 28.2 Å². The average Bonchev–Trinajstić information content (AvgIpc) is 2.89. The second-order valence-corrected chi connectivity index (χ2v) is 6.01. The molecule has 1 unspecified atom stereocenters. The third kappa shape index (κ3) is 2.58. The molecule has 0 aromatic heterocycles. The molecule has 3 nitrogen and oxygen atoms in total. The van der Waals surface area contributed by atoms with Gasteiger partial charge >= 0.3 is 0 Å². The first-order valence-electron chi connectivity index (χ1n) is 7.86. The SMILES string of the molecule is C=C/C(=C1\C(=O)Nc2ccc(C)cc21)C(C=O)c1ccccc1C. The van der Waals surface area contributed by atoms with Crippen LogP contribution in [-0.4, -0.2) is 12.2 Å². The minimum atomic E-state index is -0.518. The largest absolute Gasteiger partial charge is 0.321 e. The minimum absolute atomic E-state index is 0.189. The Hall–Kier alpha value is -2.94. The van der Waals surface area contributed by atoms with Gasteiger partial charge in [0.1, 0.15) is 6.29 Å².